The SMILES string of the molecule is CC(C)CC(NC(=O)c1cncc(-c2ccccc2)c1)C(=O)O. The zero-order valence-electron chi connectivity index (χ0n) is 13.2. The van der Waals surface area contributed by atoms with E-state index in [0.29, 0.717) is 12.0 Å². The summed E-state index contributed by atoms with van der Waals surface area (Å²) in [5.41, 5.74) is 2.11. The minimum atomic E-state index is -1.03. The minimum absolute atomic E-state index is 0.171. The fraction of sp³-hybridized carbons (Fsp3) is 0.278. The summed E-state index contributed by atoms with van der Waals surface area (Å²) >= 11 is 0. The molecule has 0 spiro atoms. The first-order chi connectivity index (χ1) is 11.0. The maximum atomic E-state index is 12.3. The molecule has 5 heteroatoms. The summed E-state index contributed by atoms with van der Waals surface area (Å²) in [5.74, 6) is -1.28. The Morgan fingerprint density at radius 3 is 2.43 bits per heavy atom. The van der Waals surface area contributed by atoms with Crippen LogP contribution in [0.3, 0.4) is 0 Å². The predicted molar refractivity (Wildman–Crippen MR) is 88.0 cm³/mol. The first kappa shape index (κ1) is 16.7. The molecule has 2 N–H and O–H groups in total. The summed E-state index contributed by atoms with van der Waals surface area (Å²) in [4.78, 5) is 27.7. The highest BCUT2D eigenvalue weighted by molar-refractivity contribution is 5.97. The summed E-state index contributed by atoms with van der Waals surface area (Å²) < 4.78 is 0. The second-order valence-corrected chi connectivity index (χ2v) is 5.82. The molecule has 23 heavy (non-hydrogen) atoms. The van der Waals surface area contributed by atoms with Crippen molar-refractivity contribution in [3.63, 3.8) is 0 Å². The van der Waals surface area contributed by atoms with Crippen molar-refractivity contribution in [2.24, 2.45) is 5.92 Å². The van der Waals surface area contributed by atoms with Crippen LogP contribution >= 0.6 is 0 Å². The molecule has 0 aliphatic rings. The van der Waals surface area contributed by atoms with E-state index in [9.17, 15) is 14.7 Å². The van der Waals surface area contributed by atoms with Crippen LogP contribution in [0.4, 0.5) is 0 Å². The number of carbonyl (C=O) groups is 2. The standard InChI is InChI=1S/C18H20N2O3/c1-12(2)8-16(18(22)23)20-17(21)15-9-14(10-19-11-15)13-6-4-3-5-7-13/h3-7,9-12,16H,8H2,1-2H3,(H,20,21)(H,22,23). The van der Waals surface area contributed by atoms with Crippen molar-refractivity contribution >= 4 is 11.9 Å². The first-order valence-electron chi connectivity index (χ1n) is 7.51. The van der Waals surface area contributed by atoms with Crippen molar-refractivity contribution in [2.45, 2.75) is 26.3 Å². The molecule has 1 aromatic carbocycles. The molecule has 1 aromatic heterocycles. The normalized spacial score (nSPS) is 12.0. The van der Waals surface area contributed by atoms with Crippen molar-refractivity contribution in [3.8, 4) is 11.1 Å². The van der Waals surface area contributed by atoms with Crippen LogP contribution in [0, 0.1) is 5.92 Å². The largest absolute Gasteiger partial charge is 0.480 e. The number of hydrogen-bond acceptors (Lipinski definition) is 3. The number of nitrogens with one attached hydrogen (secondary N) is 1. The highest BCUT2D eigenvalue weighted by Crippen LogP contribution is 2.19. The number of hydrogen-bond donors (Lipinski definition) is 2. The zero-order chi connectivity index (χ0) is 16.8. The molecule has 1 unspecified atom stereocenters. The van der Waals surface area contributed by atoms with Gasteiger partial charge in [0.2, 0.25) is 0 Å². The molecule has 0 saturated carbocycles. The molecule has 120 valence electrons. The van der Waals surface area contributed by atoms with Crippen molar-refractivity contribution in [2.75, 3.05) is 0 Å². The average Bonchev–Trinajstić information content (AvgIpc) is 2.54. The second kappa shape index (κ2) is 7.54. The van der Waals surface area contributed by atoms with Crippen LogP contribution in [0.25, 0.3) is 11.1 Å². The molecule has 1 amide bonds. The van der Waals surface area contributed by atoms with Crippen LogP contribution in [-0.4, -0.2) is 28.0 Å². The lowest BCUT2D eigenvalue weighted by Gasteiger charge is -2.16. The van der Waals surface area contributed by atoms with Crippen molar-refractivity contribution in [3.05, 3.63) is 54.4 Å². The van der Waals surface area contributed by atoms with Crippen LogP contribution in [0.5, 0.6) is 0 Å². The lowest BCUT2D eigenvalue weighted by Crippen LogP contribution is -2.41. The lowest BCUT2D eigenvalue weighted by molar-refractivity contribution is -0.139. The fourth-order valence-corrected chi connectivity index (χ4v) is 2.29. The van der Waals surface area contributed by atoms with Gasteiger partial charge in [-0.15, -0.1) is 0 Å². The van der Waals surface area contributed by atoms with Gasteiger partial charge in [0.25, 0.3) is 5.91 Å². The summed E-state index contributed by atoms with van der Waals surface area (Å²) in [5, 5.41) is 11.8. The minimum Gasteiger partial charge on any atom is -0.480 e. The number of rotatable bonds is 6. The topological polar surface area (TPSA) is 79.3 Å². The van der Waals surface area contributed by atoms with Crippen LogP contribution in [0.2, 0.25) is 0 Å². The molecule has 5 nitrogen and oxygen atoms in total. The van der Waals surface area contributed by atoms with Gasteiger partial charge < -0.3 is 10.4 Å². The summed E-state index contributed by atoms with van der Waals surface area (Å²) in [6.07, 6.45) is 3.50. The number of benzene rings is 1. The number of aliphatic carboxylic acids is 1. The quantitative estimate of drug-likeness (QED) is 0.859. The molecule has 0 aliphatic carbocycles. The fourth-order valence-electron chi connectivity index (χ4n) is 2.29. The van der Waals surface area contributed by atoms with Crippen LogP contribution in [-0.2, 0) is 4.79 Å². The van der Waals surface area contributed by atoms with Crippen LogP contribution in [0.1, 0.15) is 30.6 Å². The lowest BCUT2D eigenvalue weighted by atomic mass is 10.0. The third-order valence-corrected chi connectivity index (χ3v) is 3.42. The Labute approximate surface area is 135 Å². The number of carbonyl (C=O) groups excluding carboxylic acids is 1. The van der Waals surface area contributed by atoms with Gasteiger partial charge in [0.05, 0.1) is 5.56 Å². The van der Waals surface area contributed by atoms with Crippen molar-refractivity contribution < 1.29 is 14.7 Å². The van der Waals surface area contributed by atoms with Gasteiger partial charge in [-0.05, 0) is 24.0 Å². The molecule has 0 saturated heterocycles. The Morgan fingerprint density at radius 1 is 1.13 bits per heavy atom. The van der Waals surface area contributed by atoms with Gasteiger partial charge in [-0.25, -0.2) is 4.79 Å². The Balaban J connectivity index is 2.18. The van der Waals surface area contributed by atoms with Gasteiger partial charge in [-0.1, -0.05) is 44.2 Å². The Morgan fingerprint density at radius 2 is 1.83 bits per heavy atom. The molecule has 2 aromatic rings. The van der Waals surface area contributed by atoms with Crippen molar-refractivity contribution in [1.82, 2.24) is 10.3 Å². The maximum Gasteiger partial charge on any atom is 0.326 e. The summed E-state index contributed by atoms with van der Waals surface area (Å²) in [6, 6.07) is 10.4. The summed E-state index contributed by atoms with van der Waals surface area (Å²) in [6.45, 7) is 3.83. The van der Waals surface area contributed by atoms with E-state index >= 15 is 0 Å². The molecular weight excluding hydrogens is 292 g/mol. The average molecular weight is 312 g/mol. The Kier molecular flexibility index (Phi) is 5.46. The zero-order valence-corrected chi connectivity index (χ0v) is 13.2. The predicted octanol–water partition coefficient (Wildman–Crippen LogP) is 2.98. The number of carboxylic acids is 1. The number of amides is 1. The monoisotopic (exact) mass is 312 g/mol. The van der Waals surface area contributed by atoms with E-state index in [1.807, 2.05) is 44.2 Å². The molecule has 0 bridgehead atoms. The third kappa shape index (κ3) is 4.64. The van der Waals surface area contributed by atoms with Crippen LogP contribution < -0.4 is 5.32 Å². The number of nitrogens with zero attached hydrogens (tertiary/aromatic N) is 1. The Hall–Kier alpha value is -2.69. The van der Waals surface area contributed by atoms with Crippen LogP contribution in [0.15, 0.2) is 48.8 Å². The molecular formula is C18H20N2O3. The number of pyridine rings is 1. The number of carboxylic acid groups (broad SMARTS) is 1. The van der Waals surface area contributed by atoms with E-state index in [0.717, 1.165) is 11.1 Å². The van der Waals surface area contributed by atoms with E-state index in [-0.39, 0.29) is 5.92 Å². The van der Waals surface area contributed by atoms with E-state index in [2.05, 4.69) is 10.3 Å². The molecule has 2 rings (SSSR count). The van der Waals surface area contributed by atoms with Gasteiger partial charge in [-0.2, -0.15) is 0 Å². The molecule has 1 heterocycles. The van der Waals surface area contributed by atoms with Gasteiger partial charge in [-0.3, -0.25) is 9.78 Å². The molecule has 0 radical (unpaired) electrons. The number of aromatic nitrogens is 1. The van der Waals surface area contributed by atoms with E-state index in [1.165, 1.54) is 6.20 Å². The molecule has 0 aliphatic heterocycles. The van der Waals surface area contributed by atoms with Gasteiger partial charge in [0.15, 0.2) is 0 Å². The molecule has 1 atom stereocenters. The third-order valence-electron chi connectivity index (χ3n) is 3.42. The van der Waals surface area contributed by atoms with Gasteiger partial charge in [0, 0.05) is 18.0 Å². The van der Waals surface area contributed by atoms with Crippen molar-refractivity contribution in [1.29, 1.82) is 0 Å². The second-order valence-electron chi connectivity index (χ2n) is 5.82. The van der Waals surface area contributed by atoms with E-state index in [4.69, 9.17) is 0 Å². The first-order valence-corrected chi connectivity index (χ1v) is 7.51. The summed E-state index contributed by atoms with van der Waals surface area (Å²) in [7, 11) is 0. The van der Waals surface area contributed by atoms with Gasteiger partial charge >= 0.3 is 5.97 Å². The van der Waals surface area contributed by atoms with E-state index < -0.39 is 17.9 Å². The Bertz CT molecular complexity index is 684. The highest BCUT2D eigenvalue weighted by atomic mass is 16.4. The smallest absolute Gasteiger partial charge is 0.326 e. The molecule has 0 fully saturated rings. The highest BCUT2D eigenvalue weighted by Gasteiger charge is 2.22. The van der Waals surface area contributed by atoms with Gasteiger partial charge in [0.1, 0.15) is 6.04 Å². The maximum absolute atomic E-state index is 12.3. The van der Waals surface area contributed by atoms with E-state index in [1.54, 1.807) is 12.3 Å².